The zero-order valence-corrected chi connectivity index (χ0v) is 8.55. The van der Waals surface area contributed by atoms with Crippen molar-refractivity contribution < 1.29 is 4.79 Å². The molecule has 0 unspecified atom stereocenters. The van der Waals surface area contributed by atoms with Crippen LogP contribution in [0.2, 0.25) is 0 Å². The minimum Gasteiger partial charge on any atom is -0.337 e. The molecule has 0 bridgehead atoms. The van der Waals surface area contributed by atoms with E-state index in [1.54, 1.807) is 23.5 Å². The topological polar surface area (TPSA) is 77.7 Å². The van der Waals surface area contributed by atoms with Crippen LogP contribution in [0.25, 0.3) is 0 Å². The summed E-state index contributed by atoms with van der Waals surface area (Å²) in [6.45, 7) is 1.48. The molecule has 0 spiro atoms. The number of nitrogens with one attached hydrogen (secondary N) is 2. The van der Waals surface area contributed by atoms with E-state index in [0.29, 0.717) is 11.5 Å². The molecule has 0 atom stereocenters. The molecule has 1 amide bonds. The maximum atomic E-state index is 11.8. The lowest BCUT2D eigenvalue weighted by atomic mass is 9.96. The molecule has 0 radical (unpaired) electrons. The standard InChI is InChI=1S/C10H11N5O/c16-10(7-3-12-13-4-7)15-5-8(6-15)9-1-2-11-14-9/h1-4,8H,5-6H2,(H,11,14)(H,12,13). The lowest BCUT2D eigenvalue weighted by Gasteiger charge is -2.38. The Bertz CT molecular complexity index is 469. The fourth-order valence-corrected chi connectivity index (χ4v) is 1.89. The van der Waals surface area contributed by atoms with Crippen molar-refractivity contribution in [1.29, 1.82) is 0 Å². The van der Waals surface area contributed by atoms with E-state index in [2.05, 4.69) is 20.4 Å². The van der Waals surface area contributed by atoms with Gasteiger partial charge in [-0.3, -0.25) is 15.0 Å². The molecule has 1 saturated heterocycles. The Morgan fingerprint density at radius 2 is 2.31 bits per heavy atom. The zero-order valence-electron chi connectivity index (χ0n) is 8.55. The summed E-state index contributed by atoms with van der Waals surface area (Å²) in [6, 6.07) is 1.95. The minimum absolute atomic E-state index is 0.0320. The van der Waals surface area contributed by atoms with Crippen LogP contribution in [0.3, 0.4) is 0 Å². The lowest BCUT2D eigenvalue weighted by molar-refractivity contribution is 0.0599. The predicted octanol–water partition coefficient (Wildman–Crippen LogP) is 0.372. The third-order valence-electron chi connectivity index (χ3n) is 2.88. The van der Waals surface area contributed by atoms with Crippen molar-refractivity contribution in [3.8, 4) is 0 Å². The minimum atomic E-state index is 0.0320. The van der Waals surface area contributed by atoms with Crippen LogP contribution in [-0.2, 0) is 0 Å². The summed E-state index contributed by atoms with van der Waals surface area (Å²) in [6.07, 6.45) is 4.90. The zero-order chi connectivity index (χ0) is 11.0. The molecule has 2 N–H and O–H groups in total. The average Bonchev–Trinajstić information content (AvgIpc) is 2.88. The van der Waals surface area contributed by atoms with Crippen LogP contribution < -0.4 is 0 Å². The maximum Gasteiger partial charge on any atom is 0.257 e. The Balaban J connectivity index is 1.64. The smallest absolute Gasteiger partial charge is 0.257 e. The summed E-state index contributed by atoms with van der Waals surface area (Å²) in [5, 5.41) is 13.2. The van der Waals surface area contributed by atoms with Gasteiger partial charge < -0.3 is 4.90 Å². The Morgan fingerprint density at radius 1 is 1.44 bits per heavy atom. The van der Waals surface area contributed by atoms with Gasteiger partial charge in [-0.1, -0.05) is 0 Å². The highest BCUT2D eigenvalue weighted by Crippen LogP contribution is 2.26. The highest BCUT2D eigenvalue weighted by Gasteiger charge is 2.33. The maximum absolute atomic E-state index is 11.8. The molecule has 6 heteroatoms. The molecule has 0 saturated carbocycles. The average molecular weight is 217 g/mol. The van der Waals surface area contributed by atoms with Gasteiger partial charge in [-0.05, 0) is 6.07 Å². The van der Waals surface area contributed by atoms with Gasteiger partial charge in [0, 0.05) is 37.1 Å². The Hall–Kier alpha value is -2.11. The van der Waals surface area contributed by atoms with Crippen LogP contribution >= 0.6 is 0 Å². The van der Waals surface area contributed by atoms with E-state index < -0.39 is 0 Å². The van der Waals surface area contributed by atoms with E-state index in [-0.39, 0.29) is 5.91 Å². The van der Waals surface area contributed by atoms with Crippen molar-refractivity contribution in [2.45, 2.75) is 5.92 Å². The van der Waals surface area contributed by atoms with E-state index in [1.807, 2.05) is 6.07 Å². The molecule has 1 aliphatic rings. The number of H-pyrrole nitrogens is 2. The number of aromatic nitrogens is 4. The van der Waals surface area contributed by atoms with Gasteiger partial charge in [-0.2, -0.15) is 10.2 Å². The first-order valence-electron chi connectivity index (χ1n) is 5.12. The molecule has 3 rings (SSSR count). The van der Waals surface area contributed by atoms with Crippen molar-refractivity contribution >= 4 is 5.91 Å². The molecule has 6 nitrogen and oxygen atoms in total. The Labute approximate surface area is 91.7 Å². The first-order valence-corrected chi connectivity index (χ1v) is 5.12. The van der Waals surface area contributed by atoms with Gasteiger partial charge in [0.2, 0.25) is 0 Å². The van der Waals surface area contributed by atoms with E-state index in [1.165, 1.54) is 0 Å². The van der Waals surface area contributed by atoms with Gasteiger partial charge in [0.1, 0.15) is 0 Å². The molecular formula is C10H11N5O. The van der Waals surface area contributed by atoms with Crippen LogP contribution in [0, 0.1) is 0 Å². The van der Waals surface area contributed by atoms with Gasteiger partial charge >= 0.3 is 0 Å². The first-order chi connectivity index (χ1) is 7.84. The van der Waals surface area contributed by atoms with Gasteiger partial charge in [-0.15, -0.1) is 0 Å². The van der Waals surface area contributed by atoms with Crippen molar-refractivity contribution in [2.75, 3.05) is 13.1 Å². The number of rotatable bonds is 2. The van der Waals surface area contributed by atoms with Crippen LogP contribution in [0.4, 0.5) is 0 Å². The van der Waals surface area contributed by atoms with Crippen molar-refractivity contribution in [2.24, 2.45) is 0 Å². The summed E-state index contributed by atoms with van der Waals surface area (Å²) in [4.78, 5) is 13.6. The number of carbonyl (C=O) groups excluding carboxylic acids is 1. The summed E-state index contributed by atoms with van der Waals surface area (Å²) in [5.41, 5.74) is 1.71. The number of nitrogens with zero attached hydrogens (tertiary/aromatic N) is 3. The van der Waals surface area contributed by atoms with E-state index in [4.69, 9.17) is 0 Å². The Morgan fingerprint density at radius 3 is 2.94 bits per heavy atom. The van der Waals surface area contributed by atoms with Crippen molar-refractivity contribution in [3.05, 3.63) is 35.9 Å². The third kappa shape index (κ3) is 1.39. The molecule has 0 aliphatic carbocycles. The number of likely N-dealkylation sites (tertiary alicyclic amines) is 1. The summed E-state index contributed by atoms with van der Waals surface area (Å²) >= 11 is 0. The Kier molecular flexibility index (Phi) is 1.99. The third-order valence-corrected chi connectivity index (χ3v) is 2.88. The molecule has 3 heterocycles. The van der Waals surface area contributed by atoms with Crippen LogP contribution in [-0.4, -0.2) is 44.3 Å². The number of amides is 1. The van der Waals surface area contributed by atoms with E-state index >= 15 is 0 Å². The van der Waals surface area contributed by atoms with Crippen LogP contribution in [0.1, 0.15) is 22.0 Å². The predicted molar refractivity (Wildman–Crippen MR) is 55.8 cm³/mol. The SMILES string of the molecule is O=C(c1cn[nH]c1)N1CC(c2ccn[nH]2)C1. The normalized spacial score (nSPS) is 16.1. The molecule has 1 aliphatic heterocycles. The first kappa shape index (κ1) is 9.14. The summed E-state index contributed by atoms with van der Waals surface area (Å²) in [7, 11) is 0. The van der Waals surface area contributed by atoms with Gasteiger partial charge in [-0.25, -0.2) is 0 Å². The van der Waals surface area contributed by atoms with Gasteiger partial charge in [0.25, 0.3) is 5.91 Å². The van der Waals surface area contributed by atoms with E-state index in [0.717, 1.165) is 18.8 Å². The van der Waals surface area contributed by atoms with Gasteiger partial charge in [0.05, 0.1) is 11.8 Å². The molecule has 82 valence electrons. The van der Waals surface area contributed by atoms with Crippen LogP contribution in [0.5, 0.6) is 0 Å². The quantitative estimate of drug-likeness (QED) is 0.763. The molecule has 16 heavy (non-hydrogen) atoms. The second kappa shape index (κ2) is 3.48. The fourth-order valence-electron chi connectivity index (χ4n) is 1.89. The fraction of sp³-hybridized carbons (Fsp3) is 0.300. The molecular weight excluding hydrogens is 206 g/mol. The summed E-state index contributed by atoms with van der Waals surface area (Å²) < 4.78 is 0. The van der Waals surface area contributed by atoms with Crippen molar-refractivity contribution in [3.63, 3.8) is 0 Å². The summed E-state index contributed by atoms with van der Waals surface area (Å²) in [5.74, 6) is 0.419. The second-order valence-electron chi connectivity index (χ2n) is 3.91. The van der Waals surface area contributed by atoms with Crippen LogP contribution in [0.15, 0.2) is 24.7 Å². The monoisotopic (exact) mass is 217 g/mol. The number of carbonyl (C=O) groups is 1. The van der Waals surface area contributed by atoms with Gasteiger partial charge in [0.15, 0.2) is 0 Å². The number of hydrogen-bond donors (Lipinski definition) is 2. The van der Waals surface area contributed by atoms with E-state index in [9.17, 15) is 4.79 Å². The number of hydrogen-bond acceptors (Lipinski definition) is 3. The van der Waals surface area contributed by atoms with Crippen molar-refractivity contribution in [1.82, 2.24) is 25.3 Å². The second-order valence-corrected chi connectivity index (χ2v) is 3.91. The number of aromatic amines is 2. The molecule has 1 fully saturated rings. The molecule has 2 aromatic heterocycles. The molecule has 0 aromatic carbocycles. The highest BCUT2D eigenvalue weighted by atomic mass is 16.2. The lowest BCUT2D eigenvalue weighted by Crippen LogP contribution is -2.48. The largest absolute Gasteiger partial charge is 0.337 e. The molecule has 2 aromatic rings. The highest BCUT2D eigenvalue weighted by molar-refractivity contribution is 5.94.